The largest absolute Gasteiger partial charge is 0.306 e. The van der Waals surface area contributed by atoms with Crippen LogP contribution in [0.3, 0.4) is 0 Å². The van der Waals surface area contributed by atoms with Crippen LogP contribution in [0.4, 0.5) is 5.69 Å². The van der Waals surface area contributed by atoms with Gasteiger partial charge in [0.2, 0.25) is 0 Å². The summed E-state index contributed by atoms with van der Waals surface area (Å²) in [5.41, 5.74) is 8.00. The zero-order valence-corrected chi connectivity index (χ0v) is 8.38. The third-order valence-electron chi connectivity index (χ3n) is 2.26. The van der Waals surface area contributed by atoms with Crippen molar-refractivity contribution in [1.29, 1.82) is 0 Å². The number of allylic oxidation sites excluding steroid dienone is 1. The van der Waals surface area contributed by atoms with Crippen molar-refractivity contribution in [2.45, 2.75) is 6.17 Å². The number of hydrazone groups is 1. The van der Waals surface area contributed by atoms with Gasteiger partial charge in [-0.1, -0.05) is 36.9 Å². The van der Waals surface area contributed by atoms with E-state index in [2.05, 4.69) is 11.7 Å². The van der Waals surface area contributed by atoms with Crippen molar-refractivity contribution in [3.05, 3.63) is 48.6 Å². The van der Waals surface area contributed by atoms with Gasteiger partial charge >= 0.3 is 0 Å². The molecule has 2 N–H and O–H groups in total. The summed E-state index contributed by atoms with van der Waals surface area (Å²) in [6.07, 6.45) is 6.99. The van der Waals surface area contributed by atoms with E-state index in [1.54, 1.807) is 17.3 Å². The molecule has 1 aromatic carbocycles. The van der Waals surface area contributed by atoms with Gasteiger partial charge in [-0.25, -0.2) is 5.01 Å². The van der Waals surface area contributed by atoms with Gasteiger partial charge in [0.15, 0.2) is 0 Å². The minimum absolute atomic E-state index is 0.303. The molecule has 0 aliphatic carbocycles. The van der Waals surface area contributed by atoms with E-state index in [0.717, 1.165) is 11.3 Å². The SMILES string of the molecule is C=CC(N)N1N=CC=Cc2ccccc21. The Morgan fingerprint density at radius 3 is 3.00 bits per heavy atom. The Balaban J connectivity index is 2.48. The maximum absolute atomic E-state index is 5.90. The van der Waals surface area contributed by atoms with Gasteiger partial charge in [0.1, 0.15) is 6.17 Å². The average Bonchev–Trinajstić information content (AvgIpc) is 2.50. The molecule has 1 unspecified atom stereocenters. The van der Waals surface area contributed by atoms with Gasteiger partial charge in [-0.05, 0) is 17.7 Å². The molecule has 0 aromatic heterocycles. The first-order valence-corrected chi connectivity index (χ1v) is 4.80. The van der Waals surface area contributed by atoms with Gasteiger partial charge in [-0.3, -0.25) is 0 Å². The minimum atomic E-state index is -0.303. The summed E-state index contributed by atoms with van der Waals surface area (Å²) >= 11 is 0. The molecular formula is C12H13N3. The predicted octanol–water partition coefficient (Wildman–Crippen LogP) is 1.98. The number of para-hydroxylation sites is 1. The Hall–Kier alpha value is -1.87. The molecule has 1 aliphatic heterocycles. The molecule has 0 radical (unpaired) electrons. The van der Waals surface area contributed by atoms with E-state index in [1.165, 1.54) is 0 Å². The number of hydrogen-bond acceptors (Lipinski definition) is 3. The van der Waals surface area contributed by atoms with E-state index in [0.29, 0.717) is 0 Å². The molecule has 0 spiro atoms. The van der Waals surface area contributed by atoms with Crippen molar-refractivity contribution >= 4 is 18.0 Å². The highest BCUT2D eigenvalue weighted by molar-refractivity contribution is 5.84. The zero-order valence-electron chi connectivity index (χ0n) is 8.38. The predicted molar refractivity (Wildman–Crippen MR) is 64.6 cm³/mol. The maximum Gasteiger partial charge on any atom is 0.118 e. The minimum Gasteiger partial charge on any atom is -0.306 e. The molecule has 0 fully saturated rings. The highest BCUT2D eigenvalue weighted by Gasteiger charge is 2.14. The second-order valence-corrected chi connectivity index (χ2v) is 3.25. The number of fused-ring (bicyclic) bond motifs is 1. The Bertz CT molecular complexity index is 421. The van der Waals surface area contributed by atoms with Gasteiger partial charge in [-0.15, -0.1) is 0 Å². The summed E-state index contributed by atoms with van der Waals surface area (Å²) in [6, 6.07) is 7.98. The van der Waals surface area contributed by atoms with Crippen molar-refractivity contribution < 1.29 is 0 Å². The second-order valence-electron chi connectivity index (χ2n) is 3.25. The number of benzene rings is 1. The molecule has 0 saturated heterocycles. The third kappa shape index (κ3) is 1.82. The molecule has 0 amide bonds. The number of hydrogen-bond donors (Lipinski definition) is 1. The van der Waals surface area contributed by atoms with Crippen molar-refractivity contribution in [3.63, 3.8) is 0 Å². The molecule has 1 aromatic rings. The van der Waals surface area contributed by atoms with Crippen LogP contribution in [0.25, 0.3) is 6.08 Å². The van der Waals surface area contributed by atoms with Crippen LogP contribution < -0.4 is 10.7 Å². The summed E-state index contributed by atoms with van der Waals surface area (Å²) in [5, 5.41) is 6.01. The fourth-order valence-electron chi connectivity index (χ4n) is 1.49. The van der Waals surface area contributed by atoms with Crippen LogP contribution in [0.5, 0.6) is 0 Å². The number of nitrogens with two attached hydrogens (primary N) is 1. The normalized spacial score (nSPS) is 15.7. The highest BCUT2D eigenvalue weighted by atomic mass is 15.5. The lowest BCUT2D eigenvalue weighted by atomic mass is 10.1. The van der Waals surface area contributed by atoms with Crippen LogP contribution in [0.2, 0.25) is 0 Å². The Morgan fingerprint density at radius 2 is 2.20 bits per heavy atom. The molecule has 1 atom stereocenters. The molecule has 76 valence electrons. The fraction of sp³-hybridized carbons (Fsp3) is 0.0833. The van der Waals surface area contributed by atoms with Gasteiger partial charge in [0, 0.05) is 6.21 Å². The molecule has 15 heavy (non-hydrogen) atoms. The third-order valence-corrected chi connectivity index (χ3v) is 2.26. The van der Waals surface area contributed by atoms with Crippen molar-refractivity contribution in [2.24, 2.45) is 10.8 Å². The van der Waals surface area contributed by atoms with E-state index in [9.17, 15) is 0 Å². The van der Waals surface area contributed by atoms with Crippen LogP contribution in [-0.2, 0) is 0 Å². The van der Waals surface area contributed by atoms with Gasteiger partial charge in [-0.2, -0.15) is 5.10 Å². The number of anilines is 1. The number of nitrogens with zero attached hydrogens (tertiary/aromatic N) is 2. The first kappa shape index (κ1) is 9.68. The summed E-state index contributed by atoms with van der Waals surface area (Å²) in [6.45, 7) is 3.68. The molecule has 1 aliphatic rings. The molecule has 1 heterocycles. The molecular weight excluding hydrogens is 186 g/mol. The monoisotopic (exact) mass is 199 g/mol. The van der Waals surface area contributed by atoms with Crippen LogP contribution in [0.1, 0.15) is 5.56 Å². The van der Waals surface area contributed by atoms with Crippen LogP contribution in [0, 0.1) is 0 Å². The average molecular weight is 199 g/mol. The van der Waals surface area contributed by atoms with Gasteiger partial charge in [0.25, 0.3) is 0 Å². The van der Waals surface area contributed by atoms with Crippen LogP contribution in [-0.4, -0.2) is 12.4 Å². The standard InChI is InChI=1S/C12H13N3/c1-2-12(13)15-11-8-4-3-6-10(11)7-5-9-14-15/h2-9,12H,1,13H2. The van der Waals surface area contributed by atoms with Crippen LogP contribution >= 0.6 is 0 Å². The fourth-order valence-corrected chi connectivity index (χ4v) is 1.49. The van der Waals surface area contributed by atoms with Crippen LogP contribution in [0.15, 0.2) is 48.1 Å². The Kier molecular flexibility index (Phi) is 2.65. The first-order valence-electron chi connectivity index (χ1n) is 4.80. The molecule has 0 saturated carbocycles. The summed E-state index contributed by atoms with van der Waals surface area (Å²) in [7, 11) is 0. The number of rotatable bonds is 2. The first-order chi connectivity index (χ1) is 7.33. The zero-order chi connectivity index (χ0) is 10.7. The summed E-state index contributed by atoms with van der Waals surface area (Å²) < 4.78 is 0. The van der Waals surface area contributed by atoms with E-state index < -0.39 is 0 Å². The quantitative estimate of drug-likeness (QED) is 0.740. The lowest BCUT2D eigenvalue weighted by Crippen LogP contribution is -2.36. The second kappa shape index (κ2) is 4.11. The van der Waals surface area contributed by atoms with Crippen molar-refractivity contribution in [3.8, 4) is 0 Å². The lowest BCUT2D eigenvalue weighted by molar-refractivity contribution is 0.747. The van der Waals surface area contributed by atoms with Crippen molar-refractivity contribution in [1.82, 2.24) is 0 Å². The van der Waals surface area contributed by atoms with Crippen molar-refractivity contribution in [2.75, 3.05) is 5.01 Å². The molecule has 3 nitrogen and oxygen atoms in total. The molecule has 0 bridgehead atoms. The molecule has 3 heteroatoms. The molecule has 2 rings (SSSR count). The van der Waals surface area contributed by atoms with E-state index in [-0.39, 0.29) is 6.17 Å². The maximum atomic E-state index is 5.90. The van der Waals surface area contributed by atoms with E-state index in [1.807, 2.05) is 36.4 Å². The Labute approximate surface area is 89.2 Å². The summed E-state index contributed by atoms with van der Waals surface area (Å²) in [4.78, 5) is 0. The highest BCUT2D eigenvalue weighted by Crippen LogP contribution is 2.24. The lowest BCUT2D eigenvalue weighted by Gasteiger charge is -2.24. The van der Waals surface area contributed by atoms with Gasteiger partial charge < -0.3 is 5.73 Å². The smallest absolute Gasteiger partial charge is 0.118 e. The van der Waals surface area contributed by atoms with Gasteiger partial charge in [0.05, 0.1) is 5.69 Å². The van der Waals surface area contributed by atoms with E-state index >= 15 is 0 Å². The topological polar surface area (TPSA) is 41.6 Å². The Morgan fingerprint density at radius 1 is 1.40 bits per heavy atom. The summed E-state index contributed by atoms with van der Waals surface area (Å²) in [5.74, 6) is 0. The van der Waals surface area contributed by atoms with E-state index in [4.69, 9.17) is 5.73 Å².